The van der Waals surface area contributed by atoms with E-state index in [4.69, 9.17) is 4.52 Å². The van der Waals surface area contributed by atoms with Gasteiger partial charge < -0.3 is 9.84 Å². The largest absolute Gasteiger partial charge is 0.355 e. The van der Waals surface area contributed by atoms with E-state index in [1.54, 1.807) is 0 Å². The third-order valence-corrected chi connectivity index (χ3v) is 5.98. The van der Waals surface area contributed by atoms with Crippen LogP contribution < -0.4 is 5.32 Å². The average molecular weight is 392 g/mol. The van der Waals surface area contributed by atoms with Crippen molar-refractivity contribution in [3.05, 3.63) is 35.7 Å². The van der Waals surface area contributed by atoms with E-state index < -0.39 is 10.0 Å². The molecule has 0 saturated carbocycles. The van der Waals surface area contributed by atoms with Gasteiger partial charge in [-0.05, 0) is 25.8 Å². The molecule has 0 aliphatic carbocycles. The highest BCUT2D eigenvalue weighted by atomic mass is 32.2. The van der Waals surface area contributed by atoms with Crippen LogP contribution in [0.1, 0.15) is 24.3 Å². The molecule has 3 rings (SSSR count). The van der Waals surface area contributed by atoms with Crippen LogP contribution in [0.4, 0.5) is 0 Å². The maximum Gasteiger partial charge on any atom is 0.228 e. The number of aryl methyl sites for hydroxylation is 1. The lowest BCUT2D eigenvalue weighted by Crippen LogP contribution is -2.42. The second-order valence-electron chi connectivity index (χ2n) is 6.86. The summed E-state index contributed by atoms with van der Waals surface area (Å²) < 4.78 is 29.7. The Morgan fingerprint density at radius 3 is 2.74 bits per heavy atom. The van der Waals surface area contributed by atoms with Gasteiger partial charge in [-0.15, -0.1) is 0 Å². The molecule has 9 heteroatoms. The minimum absolute atomic E-state index is 0.0541. The van der Waals surface area contributed by atoms with E-state index in [1.807, 2.05) is 31.2 Å². The molecular weight excluding hydrogens is 368 g/mol. The molecule has 1 aliphatic rings. The third-order valence-electron chi connectivity index (χ3n) is 4.68. The second-order valence-corrected chi connectivity index (χ2v) is 8.84. The Kier molecular flexibility index (Phi) is 5.91. The summed E-state index contributed by atoms with van der Waals surface area (Å²) in [5, 5.41) is 6.86. The Morgan fingerprint density at radius 1 is 1.33 bits per heavy atom. The van der Waals surface area contributed by atoms with E-state index in [2.05, 4.69) is 15.5 Å². The summed E-state index contributed by atoms with van der Waals surface area (Å²) >= 11 is 0. The van der Waals surface area contributed by atoms with Gasteiger partial charge in [0.25, 0.3) is 0 Å². The first-order chi connectivity index (χ1) is 12.8. The Balaban J connectivity index is 1.46. The van der Waals surface area contributed by atoms with Gasteiger partial charge in [-0.3, -0.25) is 4.79 Å². The monoisotopic (exact) mass is 392 g/mol. The van der Waals surface area contributed by atoms with Crippen LogP contribution >= 0.6 is 0 Å². The number of nitrogens with one attached hydrogen (secondary N) is 1. The molecule has 0 bridgehead atoms. The number of benzene rings is 1. The maximum absolute atomic E-state index is 12.3. The highest BCUT2D eigenvalue weighted by Crippen LogP contribution is 2.19. The number of piperidine rings is 1. The minimum atomic E-state index is -3.18. The predicted molar refractivity (Wildman–Crippen MR) is 100 cm³/mol. The zero-order valence-electron chi connectivity index (χ0n) is 15.5. The molecule has 0 unspecified atom stereocenters. The summed E-state index contributed by atoms with van der Waals surface area (Å²) in [7, 11) is -3.18. The SMILES string of the molecule is Cc1cccc(-c2noc(CCNC(=O)C3CCN(S(C)(=O)=O)CC3)n2)c1. The molecule has 146 valence electrons. The van der Waals surface area contributed by atoms with Gasteiger partial charge in [0.2, 0.25) is 27.6 Å². The van der Waals surface area contributed by atoms with Gasteiger partial charge in [-0.2, -0.15) is 4.98 Å². The summed E-state index contributed by atoms with van der Waals surface area (Å²) in [4.78, 5) is 16.6. The molecule has 1 amide bonds. The molecule has 2 aromatic rings. The van der Waals surface area contributed by atoms with Crippen LogP contribution in [0.2, 0.25) is 0 Å². The lowest BCUT2D eigenvalue weighted by molar-refractivity contribution is -0.126. The number of sulfonamides is 1. The van der Waals surface area contributed by atoms with Crippen molar-refractivity contribution < 1.29 is 17.7 Å². The van der Waals surface area contributed by atoms with Crippen LogP contribution in [-0.2, 0) is 21.2 Å². The van der Waals surface area contributed by atoms with Crippen LogP contribution in [0.5, 0.6) is 0 Å². The van der Waals surface area contributed by atoms with Crippen molar-refractivity contribution in [2.45, 2.75) is 26.2 Å². The van der Waals surface area contributed by atoms with E-state index in [0.29, 0.717) is 50.6 Å². The average Bonchev–Trinajstić information content (AvgIpc) is 3.10. The van der Waals surface area contributed by atoms with Crippen molar-refractivity contribution in [1.29, 1.82) is 0 Å². The lowest BCUT2D eigenvalue weighted by Gasteiger charge is -2.29. The minimum Gasteiger partial charge on any atom is -0.355 e. The Hall–Kier alpha value is -2.26. The van der Waals surface area contributed by atoms with Gasteiger partial charge in [-0.1, -0.05) is 28.9 Å². The molecule has 2 heterocycles. The molecule has 1 saturated heterocycles. The quantitative estimate of drug-likeness (QED) is 0.796. The lowest BCUT2D eigenvalue weighted by atomic mass is 9.97. The standard InChI is InChI=1S/C18H24N4O4S/c1-13-4-3-5-15(12-13)17-20-16(26-21-17)6-9-19-18(23)14-7-10-22(11-8-14)27(2,24)25/h3-5,12,14H,6-11H2,1-2H3,(H,19,23). The smallest absolute Gasteiger partial charge is 0.228 e. The highest BCUT2D eigenvalue weighted by molar-refractivity contribution is 7.88. The van der Waals surface area contributed by atoms with Gasteiger partial charge in [0.05, 0.1) is 6.26 Å². The number of carbonyl (C=O) groups excluding carboxylic acids is 1. The van der Waals surface area contributed by atoms with Crippen LogP contribution in [0.25, 0.3) is 11.4 Å². The van der Waals surface area contributed by atoms with E-state index in [-0.39, 0.29) is 11.8 Å². The molecular formula is C18H24N4O4S. The summed E-state index contributed by atoms with van der Waals surface area (Å²) in [6.45, 7) is 3.18. The number of carbonyl (C=O) groups is 1. The van der Waals surface area contributed by atoms with Gasteiger partial charge in [0.15, 0.2) is 0 Å². The van der Waals surface area contributed by atoms with Crippen LogP contribution in [-0.4, -0.2) is 54.7 Å². The molecule has 27 heavy (non-hydrogen) atoms. The van der Waals surface area contributed by atoms with Gasteiger partial charge in [-0.25, -0.2) is 12.7 Å². The van der Waals surface area contributed by atoms with Crippen molar-refractivity contribution in [2.75, 3.05) is 25.9 Å². The molecule has 0 radical (unpaired) electrons. The molecule has 8 nitrogen and oxygen atoms in total. The Labute approximate surface area is 159 Å². The normalized spacial score (nSPS) is 16.4. The number of amides is 1. The van der Waals surface area contributed by atoms with Crippen molar-refractivity contribution in [3.63, 3.8) is 0 Å². The molecule has 1 N–H and O–H groups in total. The number of nitrogens with zero attached hydrogens (tertiary/aromatic N) is 3. The number of aromatic nitrogens is 2. The van der Waals surface area contributed by atoms with E-state index >= 15 is 0 Å². The molecule has 1 aromatic heterocycles. The third kappa shape index (κ3) is 5.14. The Bertz CT molecular complexity index is 902. The zero-order chi connectivity index (χ0) is 19.4. The molecule has 0 atom stereocenters. The second kappa shape index (κ2) is 8.18. The number of rotatable bonds is 6. The van der Waals surface area contributed by atoms with E-state index in [9.17, 15) is 13.2 Å². The predicted octanol–water partition coefficient (Wildman–Crippen LogP) is 1.38. The van der Waals surface area contributed by atoms with Crippen molar-refractivity contribution >= 4 is 15.9 Å². The van der Waals surface area contributed by atoms with Gasteiger partial charge >= 0.3 is 0 Å². The highest BCUT2D eigenvalue weighted by Gasteiger charge is 2.28. The zero-order valence-corrected chi connectivity index (χ0v) is 16.3. The maximum atomic E-state index is 12.3. The molecule has 1 aliphatic heterocycles. The number of hydrogen-bond acceptors (Lipinski definition) is 6. The summed E-state index contributed by atoms with van der Waals surface area (Å²) in [5.74, 6) is 0.794. The van der Waals surface area contributed by atoms with Crippen molar-refractivity contribution in [2.24, 2.45) is 5.92 Å². The van der Waals surface area contributed by atoms with Crippen LogP contribution in [0.15, 0.2) is 28.8 Å². The summed E-state index contributed by atoms with van der Waals surface area (Å²) in [6, 6.07) is 7.85. The first-order valence-corrected chi connectivity index (χ1v) is 10.8. The summed E-state index contributed by atoms with van der Waals surface area (Å²) in [5.41, 5.74) is 2.01. The fourth-order valence-corrected chi connectivity index (χ4v) is 4.02. The van der Waals surface area contributed by atoms with Crippen LogP contribution in [0, 0.1) is 12.8 Å². The van der Waals surface area contributed by atoms with Gasteiger partial charge in [0, 0.05) is 37.5 Å². The van der Waals surface area contributed by atoms with Crippen molar-refractivity contribution in [1.82, 2.24) is 19.8 Å². The van der Waals surface area contributed by atoms with E-state index in [0.717, 1.165) is 11.1 Å². The van der Waals surface area contributed by atoms with Crippen molar-refractivity contribution in [3.8, 4) is 11.4 Å². The molecule has 0 spiro atoms. The first kappa shape index (κ1) is 19.5. The topological polar surface area (TPSA) is 105 Å². The molecule has 1 fully saturated rings. The first-order valence-electron chi connectivity index (χ1n) is 8.95. The van der Waals surface area contributed by atoms with Crippen LogP contribution in [0.3, 0.4) is 0 Å². The number of hydrogen-bond donors (Lipinski definition) is 1. The molecule has 1 aromatic carbocycles. The fraction of sp³-hybridized carbons (Fsp3) is 0.500. The fourth-order valence-electron chi connectivity index (χ4n) is 3.14. The van der Waals surface area contributed by atoms with Gasteiger partial charge in [0.1, 0.15) is 0 Å². The van der Waals surface area contributed by atoms with E-state index in [1.165, 1.54) is 10.6 Å². The Morgan fingerprint density at radius 2 is 2.07 bits per heavy atom. The summed E-state index contributed by atoms with van der Waals surface area (Å²) in [6.07, 6.45) is 2.73.